The number of halogens is 1. The van der Waals surface area contributed by atoms with Crippen molar-refractivity contribution in [3.8, 4) is 17.2 Å². The van der Waals surface area contributed by atoms with Gasteiger partial charge in [-0.25, -0.2) is 0 Å². The van der Waals surface area contributed by atoms with E-state index in [0.717, 1.165) is 32.7 Å². The minimum atomic E-state index is -0.411. The van der Waals surface area contributed by atoms with Gasteiger partial charge in [-0.1, -0.05) is 12.1 Å². The Bertz CT molecular complexity index is 1050. The van der Waals surface area contributed by atoms with Gasteiger partial charge in [0.1, 0.15) is 22.8 Å². The molecule has 1 aromatic heterocycles. The summed E-state index contributed by atoms with van der Waals surface area (Å²) in [6, 6.07) is 8.23. The van der Waals surface area contributed by atoms with Crippen LogP contribution in [0.3, 0.4) is 0 Å². The van der Waals surface area contributed by atoms with Gasteiger partial charge in [-0.15, -0.1) is 0 Å². The Balaban J connectivity index is 1.87. The summed E-state index contributed by atoms with van der Waals surface area (Å²) in [5.74, 6) is -0.604. The first-order valence-corrected chi connectivity index (χ1v) is 8.02. The highest BCUT2D eigenvalue weighted by atomic mass is 79.9. The molecule has 4 rings (SSSR count). The van der Waals surface area contributed by atoms with E-state index in [0.29, 0.717) is 0 Å². The summed E-state index contributed by atoms with van der Waals surface area (Å²) in [6.45, 7) is 1.91. The van der Waals surface area contributed by atoms with Gasteiger partial charge >= 0.3 is 0 Å². The van der Waals surface area contributed by atoms with E-state index in [1.807, 2.05) is 25.1 Å². The molecule has 3 aromatic rings. The molecule has 0 aliphatic carbocycles. The standard InChI is InChI=1S/C18H12BrNO4/c1-8-11(10-3-2-4-12(19)17(10)20-8)7-15-18(23)16-13(22)5-9(21)6-14(16)24-15/h2-7,20-22H,1H3. The summed E-state index contributed by atoms with van der Waals surface area (Å²) >= 11 is 3.50. The molecule has 1 aliphatic heterocycles. The number of aryl methyl sites for hydroxylation is 1. The molecule has 6 heteroatoms. The van der Waals surface area contributed by atoms with Gasteiger partial charge in [0.15, 0.2) is 5.76 Å². The van der Waals surface area contributed by atoms with Crippen molar-refractivity contribution in [3.05, 3.63) is 57.4 Å². The number of para-hydroxylation sites is 1. The number of Topliss-reactive ketones (excluding diaryl/α,β-unsaturated/α-hetero) is 1. The molecule has 0 spiro atoms. The first-order chi connectivity index (χ1) is 11.5. The van der Waals surface area contributed by atoms with Crippen LogP contribution in [0.1, 0.15) is 21.6 Å². The van der Waals surface area contributed by atoms with Crippen LogP contribution in [-0.4, -0.2) is 21.0 Å². The number of hydrogen-bond donors (Lipinski definition) is 3. The van der Waals surface area contributed by atoms with Crippen LogP contribution < -0.4 is 4.74 Å². The Morgan fingerprint density at radius 1 is 1.25 bits per heavy atom. The molecule has 24 heavy (non-hydrogen) atoms. The first-order valence-electron chi connectivity index (χ1n) is 7.22. The molecule has 2 heterocycles. The fourth-order valence-electron chi connectivity index (χ4n) is 2.93. The van der Waals surface area contributed by atoms with Gasteiger partial charge in [-0.3, -0.25) is 4.79 Å². The van der Waals surface area contributed by atoms with E-state index >= 15 is 0 Å². The highest BCUT2D eigenvalue weighted by Crippen LogP contribution is 2.41. The number of carbonyl (C=O) groups is 1. The lowest BCUT2D eigenvalue weighted by Gasteiger charge is -2.00. The lowest BCUT2D eigenvalue weighted by Crippen LogP contribution is -1.98. The summed E-state index contributed by atoms with van der Waals surface area (Å²) < 4.78 is 6.48. The number of aromatic nitrogens is 1. The highest BCUT2D eigenvalue weighted by Gasteiger charge is 2.31. The number of allylic oxidation sites excluding steroid dienone is 1. The summed E-state index contributed by atoms with van der Waals surface area (Å²) in [6.07, 6.45) is 1.65. The summed E-state index contributed by atoms with van der Waals surface area (Å²) in [5.41, 5.74) is 2.73. The van der Waals surface area contributed by atoms with E-state index < -0.39 is 5.78 Å². The molecule has 0 amide bonds. The molecule has 5 nitrogen and oxygen atoms in total. The van der Waals surface area contributed by atoms with E-state index in [9.17, 15) is 15.0 Å². The lowest BCUT2D eigenvalue weighted by molar-refractivity contribution is 0.101. The zero-order chi connectivity index (χ0) is 17.0. The number of aromatic hydroxyl groups is 2. The van der Waals surface area contributed by atoms with E-state index in [2.05, 4.69) is 20.9 Å². The van der Waals surface area contributed by atoms with Crippen LogP contribution >= 0.6 is 15.9 Å². The molecule has 120 valence electrons. The van der Waals surface area contributed by atoms with Gasteiger partial charge < -0.3 is 19.9 Å². The molecule has 0 bridgehead atoms. The summed E-state index contributed by atoms with van der Waals surface area (Å²) in [4.78, 5) is 15.8. The molecule has 3 N–H and O–H groups in total. The van der Waals surface area contributed by atoms with Crippen molar-refractivity contribution in [2.45, 2.75) is 6.92 Å². The van der Waals surface area contributed by atoms with Crippen molar-refractivity contribution in [2.24, 2.45) is 0 Å². The average Bonchev–Trinajstić information content (AvgIpc) is 2.99. The number of benzene rings is 2. The number of carbonyl (C=O) groups excluding carboxylic acids is 1. The maximum Gasteiger partial charge on any atom is 0.235 e. The number of phenolic OH excluding ortho intramolecular Hbond substituents is 2. The van der Waals surface area contributed by atoms with Crippen molar-refractivity contribution in [1.29, 1.82) is 0 Å². The monoisotopic (exact) mass is 385 g/mol. The van der Waals surface area contributed by atoms with Gasteiger partial charge in [-0.2, -0.15) is 0 Å². The lowest BCUT2D eigenvalue weighted by atomic mass is 10.1. The van der Waals surface area contributed by atoms with E-state index in [1.165, 1.54) is 6.07 Å². The number of hydrogen-bond acceptors (Lipinski definition) is 4. The molecule has 2 aromatic carbocycles. The second-order valence-electron chi connectivity index (χ2n) is 5.60. The number of phenols is 2. The zero-order valence-electron chi connectivity index (χ0n) is 12.6. The quantitative estimate of drug-likeness (QED) is 0.546. The second-order valence-corrected chi connectivity index (χ2v) is 6.46. The van der Waals surface area contributed by atoms with Crippen molar-refractivity contribution in [2.75, 3.05) is 0 Å². The van der Waals surface area contributed by atoms with E-state index in [4.69, 9.17) is 4.74 Å². The number of nitrogens with one attached hydrogen (secondary N) is 1. The van der Waals surface area contributed by atoms with Gasteiger partial charge in [0.25, 0.3) is 0 Å². The van der Waals surface area contributed by atoms with Crippen LogP contribution in [0.2, 0.25) is 0 Å². The van der Waals surface area contributed by atoms with Crippen LogP contribution in [0.4, 0.5) is 0 Å². The third-order valence-corrected chi connectivity index (χ3v) is 4.69. The molecule has 0 radical (unpaired) electrons. The van der Waals surface area contributed by atoms with Crippen LogP contribution in [0.15, 0.2) is 40.6 Å². The van der Waals surface area contributed by atoms with E-state index in [-0.39, 0.29) is 28.6 Å². The number of rotatable bonds is 1. The number of ether oxygens (including phenoxy) is 1. The number of ketones is 1. The molecule has 1 aliphatic rings. The minimum absolute atomic E-state index is 0.0673. The van der Waals surface area contributed by atoms with Crippen molar-refractivity contribution in [3.63, 3.8) is 0 Å². The third-order valence-electron chi connectivity index (χ3n) is 4.03. The van der Waals surface area contributed by atoms with Gasteiger partial charge in [-0.05, 0) is 35.0 Å². The van der Waals surface area contributed by atoms with Crippen LogP contribution in [0.5, 0.6) is 17.2 Å². The summed E-state index contributed by atoms with van der Waals surface area (Å²) in [5, 5.41) is 20.4. The predicted octanol–water partition coefficient (Wildman–Crippen LogP) is 4.27. The minimum Gasteiger partial charge on any atom is -0.508 e. The fraction of sp³-hybridized carbons (Fsp3) is 0.0556. The summed E-state index contributed by atoms with van der Waals surface area (Å²) in [7, 11) is 0. The number of fused-ring (bicyclic) bond motifs is 2. The normalized spacial score (nSPS) is 15.1. The third kappa shape index (κ3) is 2.11. The van der Waals surface area contributed by atoms with E-state index in [1.54, 1.807) is 6.08 Å². The molecular formula is C18H12BrNO4. The number of aromatic amines is 1. The Morgan fingerprint density at radius 2 is 2.04 bits per heavy atom. The van der Waals surface area contributed by atoms with Gasteiger partial charge in [0.05, 0.1) is 5.52 Å². The van der Waals surface area contributed by atoms with Crippen molar-refractivity contribution in [1.82, 2.24) is 4.98 Å². The van der Waals surface area contributed by atoms with Crippen LogP contribution in [0.25, 0.3) is 17.0 Å². The first kappa shape index (κ1) is 14.8. The Morgan fingerprint density at radius 3 is 2.83 bits per heavy atom. The Kier molecular flexibility index (Phi) is 3.18. The molecule has 0 fully saturated rings. The number of H-pyrrole nitrogens is 1. The largest absolute Gasteiger partial charge is 0.508 e. The maximum atomic E-state index is 12.5. The highest BCUT2D eigenvalue weighted by molar-refractivity contribution is 9.10. The van der Waals surface area contributed by atoms with Crippen LogP contribution in [0, 0.1) is 6.92 Å². The topological polar surface area (TPSA) is 82.6 Å². The Hall–Kier alpha value is -2.73. The SMILES string of the molecule is Cc1[nH]c2c(Br)cccc2c1C=C1Oc2cc(O)cc(O)c2C1=O. The van der Waals surface area contributed by atoms with Crippen molar-refractivity contribution < 1.29 is 19.7 Å². The van der Waals surface area contributed by atoms with Gasteiger partial charge in [0.2, 0.25) is 5.78 Å². The zero-order valence-corrected chi connectivity index (χ0v) is 14.1. The predicted molar refractivity (Wildman–Crippen MR) is 93.4 cm³/mol. The molecule has 0 saturated heterocycles. The average molecular weight is 386 g/mol. The van der Waals surface area contributed by atoms with Crippen molar-refractivity contribution >= 4 is 38.7 Å². The Labute approximate surface area is 145 Å². The molecule has 0 unspecified atom stereocenters. The fourth-order valence-corrected chi connectivity index (χ4v) is 3.39. The maximum absolute atomic E-state index is 12.5. The molecule has 0 saturated carbocycles. The van der Waals surface area contributed by atoms with Crippen LogP contribution in [-0.2, 0) is 0 Å². The van der Waals surface area contributed by atoms with Gasteiger partial charge in [0, 0.05) is 33.2 Å². The smallest absolute Gasteiger partial charge is 0.235 e. The molecular weight excluding hydrogens is 374 g/mol. The second kappa shape index (κ2) is 5.14. The molecule has 0 atom stereocenters.